The van der Waals surface area contributed by atoms with E-state index < -0.39 is 0 Å². The number of aromatic nitrogens is 2. The summed E-state index contributed by atoms with van der Waals surface area (Å²) in [5.74, 6) is -0.0207. The highest BCUT2D eigenvalue weighted by Crippen LogP contribution is 2.34. The number of hydrogen-bond acceptors (Lipinski definition) is 6. The second kappa shape index (κ2) is 5.02. The van der Waals surface area contributed by atoms with Gasteiger partial charge < -0.3 is 4.90 Å². The van der Waals surface area contributed by atoms with Crippen LogP contribution in [0.15, 0.2) is 6.20 Å². The van der Waals surface area contributed by atoms with Crippen molar-refractivity contribution in [3.63, 3.8) is 0 Å². The number of rotatable bonds is 2. The van der Waals surface area contributed by atoms with Crippen LogP contribution in [0.4, 0.5) is 0 Å². The van der Waals surface area contributed by atoms with Crippen LogP contribution < -0.4 is 0 Å². The van der Waals surface area contributed by atoms with Gasteiger partial charge in [0, 0.05) is 13.1 Å². The number of carbonyl (C=O) groups excluding carboxylic acids is 1. The summed E-state index contributed by atoms with van der Waals surface area (Å²) in [6, 6.07) is 2.36. The van der Waals surface area contributed by atoms with Crippen LogP contribution in [-0.4, -0.2) is 44.5 Å². The van der Waals surface area contributed by atoms with Crippen LogP contribution in [0.25, 0.3) is 0 Å². The Morgan fingerprint density at radius 1 is 1.65 bits per heavy atom. The van der Waals surface area contributed by atoms with E-state index in [1.165, 1.54) is 6.20 Å². The highest BCUT2D eigenvalue weighted by Gasteiger charge is 2.35. The molecule has 0 N–H and O–H groups in total. The van der Waals surface area contributed by atoms with E-state index >= 15 is 0 Å². The first kappa shape index (κ1) is 12.3. The number of likely N-dealkylation sites (tertiary alicyclic amines) is 1. The maximum Gasteiger partial charge on any atom is 0.267 e. The van der Waals surface area contributed by atoms with Crippen molar-refractivity contribution >= 4 is 29.2 Å². The minimum atomic E-state index is -0.317. The third kappa shape index (κ3) is 2.42. The Kier molecular flexibility index (Phi) is 3.64. The number of piperidine rings is 1. The second-order valence-corrected chi connectivity index (χ2v) is 5.86. The molecule has 17 heavy (non-hydrogen) atoms. The first-order chi connectivity index (χ1) is 8.21. The van der Waals surface area contributed by atoms with Crippen molar-refractivity contribution in [2.75, 3.05) is 19.3 Å². The number of nitriles is 1. The SMILES string of the molecule is CSC1(C#N)CCN(C(=O)c2cnns2)CC1. The number of hydrogen-bond donors (Lipinski definition) is 0. The third-order valence-electron chi connectivity index (χ3n) is 3.02. The van der Waals surface area contributed by atoms with Crippen LogP contribution in [0.2, 0.25) is 0 Å². The monoisotopic (exact) mass is 268 g/mol. The standard InChI is InChI=1S/C10H12N4OS2/c1-16-10(7-11)2-4-14(5-3-10)9(15)8-6-12-13-17-8/h6H,2-5H2,1H3. The van der Waals surface area contributed by atoms with Gasteiger partial charge in [-0.2, -0.15) is 5.26 Å². The highest BCUT2D eigenvalue weighted by atomic mass is 32.2. The molecule has 0 atom stereocenters. The van der Waals surface area contributed by atoms with Crippen molar-refractivity contribution in [1.82, 2.24) is 14.5 Å². The van der Waals surface area contributed by atoms with Gasteiger partial charge in [-0.3, -0.25) is 4.79 Å². The zero-order valence-corrected chi connectivity index (χ0v) is 11.1. The predicted octanol–water partition coefficient (Wildman–Crippen LogP) is 1.40. The maximum absolute atomic E-state index is 12.0. The molecule has 0 aromatic carbocycles. The molecule has 90 valence electrons. The minimum Gasteiger partial charge on any atom is -0.338 e. The zero-order valence-electron chi connectivity index (χ0n) is 9.42. The second-order valence-electron chi connectivity index (χ2n) is 3.88. The Morgan fingerprint density at radius 2 is 2.35 bits per heavy atom. The quantitative estimate of drug-likeness (QED) is 0.811. The van der Waals surface area contributed by atoms with Crippen LogP contribution in [0.1, 0.15) is 22.5 Å². The highest BCUT2D eigenvalue weighted by molar-refractivity contribution is 8.00. The molecule has 1 amide bonds. The molecule has 7 heteroatoms. The van der Waals surface area contributed by atoms with Crippen molar-refractivity contribution in [3.8, 4) is 6.07 Å². The molecule has 1 saturated heterocycles. The summed E-state index contributed by atoms with van der Waals surface area (Å²) in [5.41, 5.74) is 0. The van der Waals surface area contributed by atoms with Crippen LogP contribution in [0.3, 0.4) is 0 Å². The smallest absolute Gasteiger partial charge is 0.267 e. The Labute approximate surface area is 108 Å². The molecule has 1 aromatic rings. The summed E-state index contributed by atoms with van der Waals surface area (Å²) in [5, 5.41) is 12.8. The number of nitrogens with zero attached hydrogens (tertiary/aromatic N) is 4. The lowest BCUT2D eigenvalue weighted by Crippen LogP contribution is -2.44. The summed E-state index contributed by atoms with van der Waals surface area (Å²) >= 11 is 2.70. The summed E-state index contributed by atoms with van der Waals surface area (Å²) in [4.78, 5) is 14.4. The molecule has 1 fully saturated rings. The average Bonchev–Trinajstić information content (AvgIpc) is 2.92. The van der Waals surface area contributed by atoms with Crippen LogP contribution in [0.5, 0.6) is 0 Å². The van der Waals surface area contributed by atoms with Crippen molar-refractivity contribution in [2.45, 2.75) is 17.6 Å². The molecule has 0 saturated carbocycles. The first-order valence-electron chi connectivity index (χ1n) is 5.24. The molecular formula is C10H12N4OS2. The van der Waals surface area contributed by atoms with E-state index in [-0.39, 0.29) is 10.7 Å². The molecule has 1 aliphatic rings. The number of thioether (sulfide) groups is 1. The van der Waals surface area contributed by atoms with E-state index in [9.17, 15) is 4.79 Å². The molecule has 0 spiro atoms. The molecule has 2 rings (SSSR count). The predicted molar refractivity (Wildman–Crippen MR) is 66.9 cm³/mol. The van der Waals surface area contributed by atoms with Gasteiger partial charge in [0.2, 0.25) is 0 Å². The van der Waals surface area contributed by atoms with Crippen LogP contribution in [0, 0.1) is 11.3 Å². The fourth-order valence-electron chi connectivity index (χ4n) is 1.85. The largest absolute Gasteiger partial charge is 0.338 e. The van der Waals surface area contributed by atoms with Crippen molar-refractivity contribution in [1.29, 1.82) is 5.26 Å². The van der Waals surface area contributed by atoms with Gasteiger partial charge in [0.15, 0.2) is 0 Å². The van der Waals surface area contributed by atoms with E-state index in [1.807, 2.05) is 6.26 Å². The summed E-state index contributed by atoms with van der Waals surface area (Å²) in [6.45, 7) is 1.26. The lowest BCUT2D eigenvalue weighted by molar-refractivity contribution is 0.0721. The van der Waals surface area contributed by atoms with E-state index in [1.54, 1.807) is 16.7 Å². The molecule has 1 aromatic heterocycles. The molecule has 0 unspecified atom stereocenters. The molecule has 0 radical (unpaired) electrons. The van der Waals surface area contributed by atoms with Crippen LogP contribution in [-0.2, 0) is 0 Å². The topological polar surface area (TPSA) is 69.9 Å². The lowest BCUT2D eigenvalue weighted by Gasteiger charge is -2.35. The molecule has 0 bridgehead atoms. The Balaban J connectivity index is 2.01. The lowest BCUT2D eigenvalue weighted by atomic mass is 9.97. The van der Waals surface area contributed by atoms with E-state index in [0.717, 1.165) is 24.4 Å². The molecule has 2 heterocycles. The fraction of sp³-hybridized carbons (Fsp3) is 0.600. The summed E-state index contributed by atoms with van der Waals surface area (Å²) in [7, 11) is 0. The first-order valence-corrected chi connectivity index (χ1v) is 7.23. The van der Waals surface area contributed by atoms with E-state index in [4.69, 9.17) is 5.26 Å². The van der Waals surface area contributed by atoms with Crippen molar-refractivity contribution in [2.24, 2.45) is 0 Å². The maximum atomic E-state index is 12.0. The van der Waals surface area contributed by atoms with Gasteiger partial charge in [0.25, 0.3) is 5.91 Å². The Hall–Kier alpha value is -1.13. The Bertz CT molecular complexity index is 432. The summed E-state index contributed by atoms with van der Waals surface area (Å²) < 4.78 is 3.37. The van der Waals surface area contributed by atoms with Gasteiger partial charge in [-0.05, 0) is 30.6 Å². The van der Waals surface area contributed by atoms with Gasteiger partial charge in [-0.25, -0.2) is 0 Å². The normalized spacial score (nSPS) is 18.7. The number of amides is 1. The van der Waals surface area contributed by atoms with Gasteiger partial charge in [-0.15, -0.1) is 16.9 Å². The summed E-state index contributed by atoms with van der Waals surface area (Å²) in [6.07, 6.45) is 4.90. The fourth-order valence-corrected chi connectivity index (χ4v) is 3.02. The molecular weight excluding hydrogens is 256 g/mol. The molecule has 0 aliphatic carbocycles. The minimum absolute atomic E-state index is 0.0207. The third-order valence-corrected chi connectivity index (χ3v) is 4.96. The van der Waals surface area contributed by atoms with Crippen molar-refractivity contribution in [3.05, 3.63) is 11.1 Å². The van der Waals surface area contributed by atoms with Gasteiger partial charge in [-0.1, -0.05) is 4.49 Å². The van der Waals surface area contributed by atoms with Crippen LogP contribution >= 0.6 is 23.3 Å². The Morgan fingerprint density at radius 3 is 2.82 bits per heavy atom. The van der Waals surface area contributed by atoms with E-state index in [2.05, 4.69) is 15.7 Å². The zero-order chi connectivity index (χ0) is 12.3. The molecule has 1 aliphatic heterocycles. The van der Waals surface area contributed by atoms with Crippen molar-refractivity contribution < 1.29 is 4.79 Å². The van der Waals surface area contributed by atoms with Gasteiger partial charge >= 0.3 is 0 Å². The van der Waals surface area contributed by atoms with E-state index in [0.29, 0.717) is 18.0 Å². The number of carbonyl (C=O) groups is 1. The van der Waals surface area contributed by atoms with Gasteiger partial charge in [0.05, 0.1) is 12.3 Å². The average molecular weight is 268 g/mol. The molecule has 5 nitrogen and oxygen atoms in total. The van der Waals surface area contributed by atoms with Gasteiger partial charge in [0.1, 0.15) is 9.62 Å².